The summed E-state index contributed by atoms with van der Waals surface area (Å²) in [6.45, 7) is 6.29. The number of hydrogen-bond donors (Lipinski definition) is 0. The van der Waals surface area contributed by atoms with E-state index < -0.39 is 20.7 Å². The van der Waals surface area contributed by atoms with Crippen molar-refractivity contribution in [1.29, 1.82) is 0 Å². The third kappa shape index (κ3) is 5.20. The summed E-state index contributed by atoms with van der Waals surface area (Å²) >= 11 is 0. The highest BCUT2D eigenvalue weighted by Gasteiger charge is 2.38. The molecule has 0 fully saturated rings. The average Bonchev–Trinajstić information content (AvgIpc) is 2.84. The van der Waals surface area contributed by atoms with Crippen LogP contribution in [0.2, 0.25) is 0 Å². The Morgan fingerprint density at radius 2 is 0.941 bits per heavy atom. The molecule has 0 spiro atoms. The molecule has 34 heavy (non-hydrogen) atoms. The van der Waals surface area contributed by atoms with Crippen molar-refractivity contribution in [3.05, 3.63) is 121 Å². The highest BCUT2D eigenvalue weighted by molar-refractivity contribution is 8.32. The maximum absolute atomic E-state index is 13.4. The summed E-state index contributed by atoms with van der Waals surface area (Å²) in [5.74, 6) is 0.204. The highest BCUT2D eigenvalue weighted by atomic mass is 32.3. The summed E-state index contributed by atoms with van der Waals surface area (Å²) in [5.41, 5.74) is 1.03. The fraction of sp³-hybridized carbons (Fsp3) is 0.143. The summed E-state index contributed by atoms with van der Waals surface area (Å²) in [4.78, 5) is 2.26. The molecule has 4 aromatic carbocycles. The van der Waals surface area contributed by atoms with Crippen molar-refractivity contribution in [2.75, 3.05) is 0 Å². The Morgan fingerprint density at radius 1 is 0.559 bits per heavy atom. The van der Waals surface area contributed by atoms with Crippen molar-refractivity contribution in [3.63, 3.8) is 0 Å². The molecule has 4 rings (SSSR count). The molecular formula is C28H28O4S2. The Balaban J connectivity index is 1.81. The van der Waals surface area contributed by atoms with Crippen LogP contribution < -0.4 is 4.18 Å². The first-order valence-electron chi connectivity index (χ1n) is 11.0. The third-order valence-corrected chi connectivity index (χ3v) is 10.0. The number of rotatable bonds is 7. The van der Waals surface area contributed by atoms with Crippen molar-refractivity contribution >= 4 is 20.7 Å². The van der Waals surface area contributed by atoms with Gasteiger partial charge in [0, 0.05) is 14.7 Å². The maximum atomic E-state index is 13.4. The number of benzene rings is 4. The summed E-state index contributed by atoms with van der Waals surface area (Å²) in [5, 5.41) is 0. The van der Waals surface area contributed by atoms with Gasteiger partial charge in [0.2, 0.25) is 0 Å². The first-order chi connectivity index (χ1) is 16.2. The molecule has 0 radical (unpaired) electrons. The van der Waals surface area contributed by atoms with Crippen LogP contribution in [-0.2, 0) is 19.4 Å². The topological polar surface area (TPSA) is 52.6 Å². The van der Waals surface area contributed by atoms with Gasteiger partial charge in [0.15, 0.2) is 0 Å². The molecule has 0 aliphatic carbocycles. The van der Waals surface area contributed by atoms with Gasteiger partial charge < -0.3 is 4.18 Å². The van der Waals surface area contributed by atoms with Gasteiger partial charge in [0.05, 0.1) is 0 Å². The second-order valence-corrected chi connectivity index (χ2v) is 12.9. The lowest BCUT2D eigenvalue weighted by atomic mass is 9.87. The van der Waals surface area contributed by atoms with Gasteiger partial charge in [-0.1, -0.05) is 87.5 Å². The van der Waals surface area contributed by atoms with Gasteiger partial charge in [-0.15, -0.1) is 0 Å². The Labute approximate surface area is 204 Å². The van der Waals surface area contributed by atoms with Crippen molar-refractivity contribution in [2.45, 2.75) is 40.9 Å². The zero-order valence-corrected chi connectivity index (χ0v) is 21.1. The molecule has 0 aliphatic rings. The molecule has 4 nitrogen and oxygen atoms in total. The van der Waals surface area contributed by atoms with Gasteiger partial charge >= 0.3 is 10.4 Å². The molecule has 0 aliphatic heterocycles. The van der Waals surface area contributed by atoms with Crippen LogP contribution >= 0.6 is 10.3 Å². The van der Waals surface area contributed by atoms with E-state index >= 15 is 0 Å². The lowest BCUT2D eigenvalue weighted by Gasteiger charge is -2.38. The predicted octanol–water partition coefficient (Wildman–Crippen LogP) is 7.52. The zero-order chi connectivity index (χ0) is 24.2. The molecule has 6 heteroatoms. The minimum absolute atomic E-state index is 0.0544. The largest absolute Gasteiger partial charge is 0.459 e. The van der Waals surface area contributed by atoms with Gasteiger partial charge in [0.25, 0.3) is 0 Å². The fourth-order valence-electron chi connectivity index (χ4n) is 3.63. The summed E-state index contributed by atoms with van der Waals surface area (Å²) in [7, 11) is -7.10. The molecule has 0 atom stereocenters. The Morgan fingerprint density at radius 3 is 1.29 bits per heavy atom. The Kier molecular flexibility index (Phi) is 6.84. The molecule has 0 saturated heterocycles. The van der Waals surface area contributed by atoms with Crippen LogP contribution in [0, 0.1) is 0 Å². The Bertz CT molecular complexity index is 1220. The van der Waals surface area contributed by atoms with E-state index in [9.17, 15) is 8.42 Å². The first-order valence-corrected chi connectivity index (χ1v) is 13.8. The van der Waals surface area contributed by atoms with Gasteiger partial charge in [-0.2, -0.15) is 12.0 Å². The molecule has 176 valence electrons. The van der Waals surface area contributed by atoms with Crippen LogP contribution in [-0.4, -0.2) is 8.42 Å². The van der Waals surface area contributed by atoms with Crippen LogP contribution in [0.3, 0.4) is 0 Å². The van der Waals surface area contributed by atoms with Crippen LogP contribution in [0.1, 0.15) is 26.3 Å². The van der Waals surface area contributed by atoms with Gasteiger partial charge in [-0.3, -0.25) is 0 Å². The first kappa shape index (κ1) is 24.1. The lowest BCUT2D eigenvalue weighted by Crippen LogP contribution is -2.18. The van der Waals surface area contributed by atoms with Crippen LogP contribution in [0.5, 0.6) is 5.75 Å². The summed E-state index contributed by atoms with van der Waals surface area (Å²) < 4.78 is 38.4. The molecule has 0 amide bonds. The zero-order valence-electron chi connectivity index (χ0n) is 19.4. The molecule has 0 heterocycles. The maximum Gasteiger partial charge on any atom is 0.459 e. The fourth-order valence-corrected chi connectivity index (χ4v) is 8.47. The Hall–Kier alpha value is -3.06. The van der Waals surface area contributed by atoms with E-state index in [4.69, 9.17) is 7.81 Å². The molecule has 0 N–H and O–H groups in total. The van der Waals surface area contributed by atoms with Gasteiger partial charge in [0.1, 0.15) is 5.75 Å². The van der Waals surface area contributed by atoms with E-state index in [0.29, 0.717) is 0 Å². The van der Waals surface area contributed by atoms with E-state index in [1.54, 1.807) is 12.1 Å². The van der Waals surface area contributed by atoms with Crippen molar-refractivity contribution < 1.29 is 16.2 Å². The van der Waals surface area contributed by atoms with Crippen LogP contribution in [0.25, 0.3) is 0 Å². The van der Waals surface area contributed by atoms with E-state index in [1.807, 2.05) is 103 Å². The normalized spacial score (nSPS) is 12.8. The average molecular weight is 493 g/mol. The van der Waals surface area contributed by atoms with E-state index in [-0.39, 0.29) is 11.2 Å². The van der Waals surface area contributed by atoms with Crippen molar-refractivity contribution in [3.8, 4) is 5.75 Å². The van der Waals surface area contributed by atoms with Gasteiger partial charge in [-0.25, -0.2) is 0 Å². The molecular weight excluding hydrogens is 464 g/mol. The second kappa shape index (κ2) is 9.66. The molecule has 4 aromatic rings. The molecule has 0 saturated carbocycles. The van der Waals surface area contributed by atoms with Crippen LogP contribution in [0.4, 0.5) is 0 Å². The van der Waals surface area contributed by atoms with E-state index in [2.05, 4.69) is 20.8 Å². The summed E-state index contributed by atoms with van der Waals surface area (Å²) in [6.07, 6.45) is 0. The lowest BCUT2D eigenvalue weighted by molar-refractivity contribution is 0.407. The second-order valence-electron chi connectivity index (χ2n) is 8.83. The monoisotopic (exact) mass is 492 g/mol. The SMILES string of the molecule is CC(C)(C)c1ccc(OS(=O)(=O)OS(c2ccccc2)(c2ccccc2)c2ccccc2)cc1. The summed E-state index contributed by atoms with van der Waals surface area (Å²) in [6, 6.07) is 35.4. The van der Waals surface area contributed by atoms with E-state index in [0.717, 1.165) is 20.2 Å². The van der Waals surface area contributed by atoms with Crippen molar-refractivity contribution in [2.24, 2.45) is 0 Å². The smallest absolute Gasteiger partial charge is 0.361 e. The standard InChI is InChI=1S/C28H28O4S2/c1-28(2,3)23-19-21-24(22-20-23)31-34(29,30)32-33(25-13-7-4-8-14-25,26-15-9-5-10-16-26)27-17-11-6-12-18-27/h4-22H,1-3H3. The highest BCUT2D eigenvalue weighted by Crippen LogP contribution is 2.69. The molecule has 0 unspecified atom stereocenters. The predicted molar refractivity (Wildman–Crippen MR) is 137 cm³/mol. The number of hydrogen-bond acceptors (Lipinski definition) is 4. The van der Waals surface area contributed by atoms with Gasteiger partial charge in [-0.05, 0) is 69.8 Å². The minimum atomic E-state index is -4.45. The minimum Gasteiger partial charge on any atom is -0.361 e. The third-order valence-electron chi connectivity index (χ3n) is 5.33. The van der Waals surface area contributed by atoms with E-state index in [1.165, 1.54) is 0 Å². The molecule has 0 bridgehead atoms. The quantitative estimate of drug-likeness (QED) is 0.268. The molecule has 0 aromatic heterocycles. The van der Waals surface area contributed by atoms with Crippen molar-refractivity contribution in [1.82, 2.24) is 0 Å². The van der Waals surface area contributed by atoms with Crippen LogP contribution in [0.15, 0.2) is 130 Å².